The van der Waals surface area contributed by atoms with Crippen LogP contribution >= 0.6 is 38.9 Å². The van der Waals surface area contributed by atoms with E-state index in [0.29, 0.717) is 10.8 Å². The first-order valence-corrected chi connectivity index (χ1v) is 6.52. The van der Waals surface area contributed by atoms with Gasteiger partial charge in [-0.15, -0.1) is 11.3 Å². The third kappa shape index (κ3) is 2.45. The molecule has 16 heavy (non-hydrogen) atoms. The van der Waals surface area contributed by atoms with E-state index in [1.807, 2.05) is 6.07 Å². The summed E-state index contributed by atoms with van der Waals surface area (Å²) in [5, 5.41) is 14.0. The van der Waals surface area contributed by atoms with Crippen molar-refractivity contribution in [2.24, 2.45) is 7.05 Å². The van der Waals surface area contributed by atoms with Gasteiger partial charge >= 0.3 is 0 Å². The molecule has 0 aliphatic heterocycles. The minimum atomic E-state index is -0.600. The van der Waals surface area contributed by atoms with Gasteiger partial charge in [-0.25, -0.2) is 4.98 Å². The lowest BCUT2D eigenvalue weighted by Gasteiger charge is -2.06. The second kappa shape index (κ2) is 4.83. The van der Waals surface area contributed by atoms with Crippen molar-refractivity contribution in [2.75, 3.05) is 0 Å². The highest BCUT2D eigenvalue weighted by Gasteiger charge is 2.16. The molecule has 0 amide bonds. The zero-order valence-corrected chi connectivity index (χ0v) is 11.6. The number of aliphatic hydroxyl groups is 1. The summed E-state index contributed by atoms with van der Waals surface area (Å²) in [6.07, 6.45) is 1.30. The first kappa shape index (κ1) is 12.0. The highest BCUT2D eigenvalue weighted by molar-refractivity contribution is 9.10. The number of thiophene rings is 1. The summed E-state index contributed by atoms with van der Waals surface area (Å²) >= 11 is 10.6. The number of nitrogens with zero attached hydrogens (tertiary/aromatic N) is 3. The SMILES string of the molecule is Cn1ncnc1CC(O)c1cc(Br)c(Cl)s1. The third-order valence-electron chi connectivity index (χ3n) is 2.17. The maximum atomic E-state index is 10.0. The molecular formula is C9H9BrClN3OS. The second-order valence-electron chi connectivity index (χ2n) is 3.29. The molecule has 2 heterocycles. The van der Waals surface area contributed by atoms with Crippen molar-refractivity contribution < 1.29 is 5.11 Å². The minimum absolute atomic E-state index is 0.430. The van der Waals surface area contributed by atoms with Crippen LogP contribution in [0.3, 0.4) is 0 Å². The van der Waals surface area contributed by atoms with Crippen LogP contribution in [0.25, 0.3) is 0 Å². The summed E-state index contributed by atoms with van der Waals surface area (Å²) in [5.41, 5.74) is 0. The van der Waals surface area contributed by atoms with Crippen molar-refractivity contribution >= 4 is 38.9 Å². The summed E-state index contributed by atoms with van der Waals surface area (Å²) in [6.45, 7) is 0. The van der Waals surface area contributed by atoms with Crippen LogP contribution in [0.2, 0.25) is 4.34 Å². The molecule has 2 aromatic heterocycles. The van der Waals surface area contributed by atoms with Gasteiger partial charge in [-0.3, -0.25) is 4.68 Å². The number of aromatic nitrogens is 3. The zero-order valence-electron chi connectivity index (χ0n) is 8.39. The van der Waals surface area contributed by atoms with Gasteiger partial charge in [0.15, 0.2) is 0 Å². The van der Waals surface area contributed by atoms with Crippen LogP contribution in [-0.4, -0.2) is 19.9 Å². The van der Waals surface area contributed by atoms with Gasteiger partial charge in [-0.2, -0.15) is 5.10 Å². The summed E-state index contributed by atoms with van der Waals surface area (Å²) in [7, 11) is 1.80. The van der Waals surface area contributed by atoms with Crippen molar-refractivity contribution in [1.82, 2.24) is 14.8 Å². The average Bonchev–Trinajstić information content (AvgIpc) is 2.76. The number of aryl methyl sites for hydroxylation is 1. The minimum Gasteiger partial charge on any atom is -0.387 e. The van der Waals surface area contributed by atoms with E-state index in [4.69, 9.17) is 11.6 Å². The van der Waals surface area contributed by atoms with E-state index in [0.717, 1.165) is 15.2 Å². The number of hydrogen-bond acceptors (Lipinski definition) is 4. The monoisotopic (exact) mass is 321 g/mol. The fourth-order valence-corrected chi connectivity index (χ4v) is 3.03. The molecule has 0 radical (unpaired) electrons. The van der Waals surface area contributed by atoms with Gasteiger partial charge in [0.2, 0.25) is 0 Å². The van der Waals surface area contributed by atoms with Crippen molar-refractivity contribution in [3.05, 3.63) is 31.9 Å². The Morgan fingerprint density at radius 1 is 1.69 bits per heavy atom. The summed E-state index contributed by atoms with van der Waals surface area (Å²) in [6, 6.07) is 1.83. The lowest BCUT2D eigenvalue weighted by molar-refractivity contribution is 0.178. The fraction of sp³-hybridized carbons (Fsp3) is 0.333. The molecule has 0 aliphatic rings. The Morgan fingerprint density at radius 2 is 2.44 bits per heavy atom. The van der Waals surface area contributed by atoms with Gasteiger partial charge in [0.05, 0.1) is 6.10 Å². The third-order valence-corrected chi connectivity index (χ3v) is 4.75. The second-order valence-corrected chi connectivity index (χ2v) is 5.83. The number of aliphatic hydroxyl groups excluding tert-OH is 1. The number of halogens is 2. The van der Waals surface area contributed by atoms with E-state index < -0.39 is 6.10 Å². The van der Waals surface area contributed by atoms with Crippen molar-refractivity contribution in [1.29, 1.82) is 0 Å². The molecule has 0 bridgehead atoms. The van der Waals surface area contributed by atoms with Crippen LogP contribution in [0.1, 0.15) is 16.8 Å². The molecule has 86 valence electrons. The van der Waals surface area contributed by atoms with Gasteiger partial charge in [0.1, 0.15) is 16.5 Å². The van der Waals surface area contributed by atoms with Crippen molar-refractivity contribution in [3.63, 3.8) is 0 Å². The van der Waals surface area contributed by atoms with E-state index in [1.165, 1.54) is 17.7 Å². The highest BCUT2D eigenvalue weighted by atomic mass is 79.9. The molecule has 0 aromatic carbocycles. The van der Waals surface area contributed by atoms with E-state index in [-0.39, 0.29) is 0 Å². The predicted molar refractivity (Wildman–Crippen MR) is 66.7 cm³/mol. The largest absolute Gasteiger partial charge is 0.387 e. The Balaban J connectivity index is 2.14. The van der Waals surface area contributed by atoms with Crippen LogP contribution in [0.15, 0.2) is 16.9 Å². The maximum Gasteiger partial charge on any atom is 0.138 e. The topological polar surface area (TPSA) is 50.9 Å². The standard InChI is InChI=1S/C9H9BrClN3OS/c1-14-8(12-4-13-14)3-6(15)7-2-5(10)9(11)16-7/h2,4,6,15H,3H2,1H3. The summed E-state index contributed by atoms with van der Waals surface area (Å²) in [4.78, 5) is 4.88. The van der Waals surface area contributed by atoms with Crippen LogP contribution in [0, 0.1) is 0 Å². The number of rotatable bonds is 3. The lowest BCUT2D eigenvalue weighted by Crippen LogP contribution is -2.06. The normalized spacial score (nSPS) is 13.0. The number of hydrogen-bond donors (Lipinski definition) is 1. The van der Waals surface area contributed by atoms with Gasteiger partial charge in [-0.1, -0.05) is 11.6 Å². The Bertz CT molecular complexity index is 479. The van der Waals surface area contributed by atoms with Crippen molar-refractivity contribution in [3.8, 4) is 0 Å². The first-order valence-electron chi connectivity index (χ1n) is 4.53. The molecule has 1 atom stereocenters. The Labute approximate surface area is 110 Å². The van der Waals surface area contributed by atoms with Gasteiger partial charge < -0.3 is 5.11 Å². The molecule has 7 heteroatoms. The van der Waals surface area contributed by atoms with Crippen LogP contribution in [0.5, 0.6) is 0 Å². The molecule has 0 aliphatic carbocycles. The fourth-order valence-electron chi connectivity index (χ4n) is 1.31. The molecule has 0 spiro atoms. The Hall–Kier alpha value is -0.430. The maximum absolute atomic E-state index is 10.0. The molecule has 0 saturated heterocycles. The molecule has 4 nitrogen and oxygen atoms in total. The van der Waals surface area contributed by atoms with E-state index in [1.54, 1.807) is 11.7 Å². The molecule has 0 saturated carbocycles. The van der Waals surface area contributed by atoms with E-state index in [9.17, 15) is 5.11 Å². The first-order chi connectivity index (χ1) is 7.58. The van der Waals surface area contributed by atoms with E-state index in [2.05, 4.69) is 26.0 Å². The molecular weight excluding hydrogens is 314 g/mol. The molecule has 1 unspecified atom stereocenters. The molecule has 0 fully saturated rings. The molecule has 2 rings (SSSR count). The smallest absolute Gasteiger partial charge is 0.138 e. The Morgan fingerprint density at radius 3 is 2.94 bits per heavy atom. The van der Waals surface area contributed by atoms with Crippen LogP contribution in [-0.2, 0) is 13.5 Å². The molecule has 2 aromatic rings. The Kier molecular flexibility index (Phi) is 3.63. The predicted octanol–water partition coefficient (Wildman–Crippen LogP) is 2.57. The average molecular weight is 323 g/mol. The van der Waals surface area contributed by atoms with Gasteiger partial charge in [-0.05, 0) is 22.0 Å². The zero-order chi connectivity index (χ0) is 11.7. The quantitative estimate of drug-likeness (QED) is 0.945. The van der Waals surface area contributed by atoms with Gasteiger partial charge in [0, 0.05) is 22.8 Å². The van der Waals surface area contributed by atoms with Gasteiger partial charge in [0.25, 0.3) is 0 Å². The highest BCUT2D eigenvalue weighted by Crippen LogP contribution is 2.35. The summed E-state index contributed by atoms with van der Waals surface area (Å²) < 4.78 is 3.10. The molecule has 1 N–H and O–H groups in total. The van der Waals surface area contributed by atoms with Crippen molar-refractivity contribution in [2.45, 2.75) is 12.5 Å². The summed E-state index contributed by atoms with van der Waals surface area (Å²) in [5.74, 6) is 0.744. The van der Waals surface area contributed by atoms with Crippen LogP contribution < -0.4 is 0 Å². The van der Waals surface area contributed by atoms with E-state index >= 15 is 0 Å². The lowest BCUT2D eigenvalue weighted by atomic mass is 10.2. The van der Waals surface area contributed by atoms with Crippen LogP contribution in [0.4, 0.5) is 0 Å².